The Morgan fingerprint density at radius 2 is 0.862 bits per heavy atom. The number of urea groups is 1. The molecule has 300 valence electrons. The number of nitrogens with one attached hydrogen (secondary N) is 4. The van der Waals surface area contributed by atoms with Crippen LogP contribution in [0.2, 0.25) is 0 Å². The number of nitrogens with zero attached hydrogens (tertiary/aromatic N) is 2. The number of allylic oxidation sites excluding steroid dienone is 2. The Hall–Kier alpha value is -5.71. The fourth-order valence-corrected chi connectivity index (χ4v) is 9.00. The van der Waals surface area contributed by atoms with Crippen LogP contribution < -0.4 is 30.2 Å². The van der Waals surface area contributed by atoms with Crippen molar-refractivity contribution in [1.29, 1.82) is 0 Å². The van der Waals surface area contributed by atoms with Gasteiger partial charge >= 0.3 is 319 Å². The summed E-state index contributed by atoms with van der Waals surface area (Å²) in [6, 6.07) is 16.0. The monoisotopic (exact) mass is 960 g/mol. The van der Waals surface area contributed by atoms with Crippen molar-refractivity contribution in [3.05, 3.63) is 117 Å². The van der Waals surface area contributed by atoms with Gasteiger partial charge in [0.25, 0.3) is 0 Å². The van der Waals surface area contributed by atoms with Crippen LogP contribution in [-0.2, 0) is 27.7 Å². The summed E-state index contributed by atoms with van der Waals surface area (Å²) in [5.41, 5.74) is 3.50. The van der Waals surface area contributed by atoms with Gasteiger partial charge in [0.2, 0.25) is 0 Å². The molecule has 0 spiro atoms. The van der Waals surface area contributed by atoms with Crippen LogP contribution in [0.1, 0.15) is 31.8 Å². The molecule has 0 aliphatic heterocycles. The standard InChI is InChI=1S/C33H26As2N6O15S2/c42-31-25-11-9-23(13-17(25)15-27(57(51,52)53)29(31)40-38-21-5-1-19(2-6-21)34(45,46)47)36-33(44)37-24-10-12-26-18(14-24)16-28(58(54,55)56)30(32(26)43)41-39-22-7-3-20(4-8-22)35(48,49)50/h1-16,38-39H,(H2,36,37,44)(H2,45,46,47)(H2,48,49,50)(H,51,52,53)(H,54,55,56)/b40-29-,41-30-. The molecule has 58 heavy (non-hydrogen) atoms. The van der Waals surface area contributed by atoms with E-state index in [0.29, 0.717) is 0 Å². The Morgan fingerprint density at radius 1 is 0.534 bits per heavy atom. The first-order valence-corrected chi connectivity index (χ1v) is 25.5. The van der Waals surface area contributed by atoms with E-state index in [4.69, 9.17) is 0 Å². The molecule has 4 aromatic rings. The van der Waals surface area contributed by atoms with Crippen LogP contribution in [0.3, 0.4) is 0 Å². The Morgan fingerprint density at radius 3 is 1.17 bits per heavy atom. The fraction of sp³-hybridized carbons (Fsp3) is 0. The number of anilines is 4. The Kier molecular flexibility index (Phi) is 11.2. The zero-order chi connectivity index (χ0) is 42.4. The van der Waals surface area contributed by atoms with Gasteiger partial charge in [-0.25, -0.2) is 4.79 Å². The van der Waals surface area contributed by atoms with E-state index < -0.39 is 87.4 Å². The van der Waals surface area contributed by atoms with Gasteiger partial charge in [-0.3, -0.25) is 0 Å². The summed E-state index contributed by atoms with van der Waals surface area (Å²) in [7, 11) is -10.1. The molecule has 0 radical (unpaired) electrons. The van der Waals surface area contributed by atoms with Gasteiger partial charge in [-0.2, -0.15) is 0 Å². The molecule has 6 rings (SSSR count). The van der Waals surface area contributed by atoms with E-state index in [1.807, 2.05) is 0 Å². The zero-order valence-corrected chi connectivity index (χ0v) is 34.1. The van der Waals surface area contributed by atoms with Gasteiger partial charge in [-0.1, -0.05) is 0 Å². The number of ketones is 2. The number of carbonyl (C=O) groups excluding carboxylic acids is 3. The van der Waals surface area contributed by atoms with E-state index in [9.17, 15) is 64.2 Å². The van der Waals surface area contributed by atoms with Crippen molar-refractivity contribution in [2.24, 2.45) is 10.2 Å². The summed E-state index contributed by atoms with van der Waals surface area (Å²) >= 11 is -10.4. The zero-order valence-electron chi connectivity index (χ0n) is 28.7. The Balaban J connectivity index is 1.20. The SMILES string of the molecule is O=C(Nc1ccc2c(c1)C=C(S(=O)(=O)O)/C(=N/Nc1ccc([As](=O)(O)O)cc1)C2=O)Nc1ccc2c(c1)C=C(S(=O)(=O)O)/C(=N/Nc1ccc([As](=O)(O)O)cc1)C2=O. The predicted molar refractivity (Wildman–Crippen MR) is 209 cm³/mol. The second kappa shape index (κ2) is 15.6. The molecule has 2 amide bonds. The predicted octanol–water partition coefficient (Wildman–Crippen LogP) is 0.239. The number of hydrazone groups is 2. The van der Waals surface area contributed by atoms with Crippen molar-refractivity contribution < 1.29 is 64.2 Å². The summed E-state index contributed by atoms with van der Waals surface area (Å²) in [5.74, 6) is -1.88. The quantitative estimate of drug-likeness (QED) is 0.0578. The molecule has 2 aliphatic rings. The summed E-state index contributed by atoms with van der Waals surface area (Å²) in [6.45, 7) is 0. The molecular weight excluding hydrogens is 934 g/mol. The van der Waals surface area contributed by atoms with E-state index in [0.717, 1.165) is 36.4 Å². The molecule has 0 heterocycles. The molecule has 0 saturated heterocycles. The van der Waals surface area contributed by atoms with E-state index in [1.54, 1.807) is 0 Å². The van der Waals surface area contributed by atoms with Crippen molar-refractivity contribution in [3.63, 3.8) is 0 Å². The first-order chi connectivity index (χ1) is 27.0. The molecule has 0 fully saturated rings. The van der Waals surface area contributed by atoms with Crippen molar-refractivity contribution >= 4 is 121 Å². The second-order valence-electron chi connectivity index (χ2n) is 12.1. The minimum absolute atomic E-state index is 0.0347. The summed E-state index contributed by atoms with van der Waals surface area (Å²) in [5, 5.41) is 12.6. The molecule has 0 unspecified atom stereocenters. The van der Waals surface area contributed by atoms with Gasteiger partial charge < -0.3 is 10.6 Å². The molecular formula is C33H26As2N6O15S2. The number of Topliss-reactive ketones (excluding diaryl/α,β-unsaturated/α-hetero) is 2. The molecule has 25 heteroatoms. The van der Waals surface area contributed by atoms with Gasteiger partial charge in [0.1, 0.15) is 0 Å². The van der Waals surface area contributed by atoms with Crippen molar-refractivity contribution in [3.8, 4) is 0 Å². The van der Waals surface area contributed by atoms with E-state index >= 15 is 0 Å². The molecule has 10 N–H and O–H groups in total. The number of benzene rings is 4. The Labute approximate surface area is 332 Å². The van der Waals surface area contributed by atoms with Crippen LogP contribution >= 0.6 is 0 Å². The van der Waals surface area contributed by atoms with Crippen molar-refractivity contribution in [2.45, 2.75) is 0 Å². The van der Waals surface area contributed by atoms with Crippen LogP contribution in [0, 0.1) is 0 Å². The van der Waals surface area contributed by atoms with E-state index in [2.05, 4.69) is 31.7 Å². The third-order valence-corrected chi connectivity index (χ3v) is 13.9. The van der Waals surface area contributed by atoms with Gasteiger partial charge in [-0.15, -0.1) is 0 Å². The number of amides is 2. The Bertz CT molecular complexity index is 2690. The average molecular weight is 961 g/mol. The third kappa shape index (κ3) is 9.35. The van der Waals surface area contributed by atoms with Gasteiger partial charge in [0.05, 0.1) is 0 Å². The van der Waals surface area contributed by atoms with Gasteiger partial charge in [0.15, 0.2) is 0 Å². The van der Waals surface area contributed by atoms with E-state index in [-0.39, 0.29) is 53.7 Å². The van der Waals surface area contributed by atoms with Crippen LogP contribution in [-0.4, -0.2) is 99.7 Å². The molecule has 0 aromatic heterocycles. The van der Waals surface area contributed by atoms with E-state index in [1.165, 1.54) is 60.7 Å². The molecule has 4 aromatic carbocycles. The molecule has 21 nitrogen and oxygen atoms in total. The molecule has 0 saturated carbocycles. The number of hydrogen-bond acceptors (Lipinski definition) is 13. The van der Waals surface area contributed by atoms with Crippen LogP contribution in [0.25, 0.3) is 12.2 Å². The molecule has 0 bridgehead atoms. The normalized spacial score (nSPS) is 15.9. The number of rotatable bonds is 10. The van der Waals surface area contributed by atoms with Crippen LogP contribution in [0.4, 0.5) is 27.5 Å². The van der Waals surface area contributed by atoms with Gasteiger partial charge in [0, 0.05) is 0 Å². The van der Waals surface area contributed by atoms with Crippen molar-refractivity contribution in [2.75, 3.05) is 21.5 Å². The molecule has 0 atom stereocenters. The second-order valence-corrected chi connectivity index (χ2v) is 21.6. The molecule has 2 aliphatic carbocycles. The fourth-order valence-electron chi connectivity index (χ4n) is 5.43. The van der Waals surface area contributed by atoms with Crippen LogP contribution in [0.15, 0.2) is 105 Å². The number of hydrogen-bond donors (Lipinski definition) is 10. The first kappa shape index (κ1) is 41.9. The topological polar surface area (TPSA) is 348 Å². The number of fused-ring (bicyclic) bond motifs is 2. The maximum atomic E-state index is 13.3. The summed E-state index contributed by atoms with van der Waals surface area (Å²) < 4.78 is 129. The summed E-state index contributed by atoms with van der Waals surface area (Å²) in [6.07, 6.45) is 1.87. The first-order valence-electron chi connectivity index (χ1n) is 15.8. The third-order valence-electron chi connectivity index (χ3n) is 8.13. The maximum absolute atomic E-state index is 13.3. The van der Waals surface area contributed by atoms with Gasteiger partial charge in [-0.05, 0) is 0 Å². The summed E-state index contributed by atoms with van der Waals surface area (Å²) in [4.78, 5) is 37.9. The average Bonchev–Trinajstić information content (AvgIpc) is 3.12. The number of carbonyl (C=O) groups is 3. The minimum atomic E-state index is -5.19. The van der Waals surface area contributed by atoms with Crippen molar-refractivity contribution in [1.82, 2.24) is 0 Å². The van der Waals surface area contributed by atoms with Crippen LogP contribution in [0.5, 0.6) is 0 Å².